The fourth-order valence-electron chi connectivity index (χ4n) is 1.69. The van der Waals surface area contributed by atoms with Gasteiger partial charge < -0.3 is 4.90 Å². The number of rotatable bonds is 5. The van der Waals surface area contributed by atoms with Crippen molar-refractivity contribution in [3.8, 4) is 0 Å². The first-order valence-electron chi connectivity index (χ1n) is 5.95. The first-order chi connectivity index (χ1) is 8.88. The third kappa shape index (κ3) is 3.64. The highest BCUT2D eigenvalue weighted by atomic mass is 35.5. The van der Waals surface area contributed by atoms with E-state index in [1.807, 2.05) is 13.8 Å². The Kier molecular flexibility index (Phi) is 5.23. The largest absolute Gasteiger partial charge is 0.339 e. The van der Waals surface area contributed by atoms with Crippen molar-refractivity contribution in [3.05, 3.63) is 33.1 Å². The van der Waals surface area contributed by atoms with Crippen molar-refractivity contribution < 1.29 is 9.72 Å². The third-order valence-electron chi connectivity index (χ3n) is 2.95. The van der Waals surface area contributed by atoms with Crippen LogP contribution in [0.2, 0.25) is 5.15 Å². The highest BCUT2D eigenvalue weighted by Crippen LogP contribution is 2.21. The zero-order valence-electron chi connectivity index (χ0n) is 11.1. The summed E-state index contributed by atoms with van der Waals surface area (Å²) < 4.78 is 0. The number of amides is 1. The molecule has 1 rings (SSSR count). The smallest absolute Gasteiger partial charge is 0.288 e. The van der Waals surface area contributed by atoms with Gasteiger partial charge in [0.05, 0.1) is 10.5 Å². The molecule has 6 nitrogen and oxygen atoms in total. The number of halogens is 1. The van der Waals surface area contributed by atoms with Crippen molar-refractivity contribution in [3.63, 3.8) is 0 Å². The van der Waals surface area contributed by atoms with E-state index < -0.39 is 4.92 Å². The Labute approximate surface area is 116 Å². The van der Waals surface area contributed by atoms with Crippen LogP contribution >= 0.6 is 11.6 Å². The van der Waals surface area contributed by atoms with Crippen LogP contribution in [0.1, 0.15) is 37.0 Å². The fourth-order valence-corrected chi connectivity index (χ4v) is 1.87. The molecular weight excluding hydrogens is 270 g/mol. The summed E-state index contributed by atoms with van der Waals surface area (Å²) in [5, 5.41) is 10.7. The highest BCUT2D eigenvalue weighted by Gasteiger charge is 2.22. The lowest BCUT2D eigenvalue weighted by Gasteiger charge is -2.24. The van der Waals surface area contributed by atoms with Gasteiger partial charge in [0, 0.05) is 19.2 Å². The van der Waals surface area contributed by atoms with Crippen LogP contribution in [0, 0.1) is 10.1 Å². The number of nitro groups is 1. The van der Waals surface area contributed by atoms with Gasteiger partial charge in [-0.25, -0.2) is 4.98 Å². The van der Waals surface area contributed by atoms with Gasteiger partial charge in [-0.3, -0.25) is 14.9 Å². The van der Waals surface area contributed by atoms with E-state index in [2.05, 4.69) is 4.98 Å². The first kappa shape index (κ1) is 15.4. The fraction of sp³-hybridized carbons (Fsp3) is 0.500. The number of hydrogen-bond acceptors (Lipinski definition) is 4. The quantitative estimate of drug-likeness (QED) is 0.473. The lowest BCUT2D eigenvalue weighted by Crippen LogP contribution is -2.35. The van der Waals surface area contributed by atoms with Gasteiger partial charge in [-0.15, -0.1) is 0 Å². The summed E-state index contributed by atoms with van der Waals surface area (Å²) in [6.07, 6.45) is 2.83. The van der Waals surface area contributed by atoms with Gasteiger partial charge in [0.25, 0.3) is 11.6 Å². The molecule has 0 saturated heterocycles. The lowest BCUT2D eigenvalue weighted by molar-refractivity contribution is -0.385. The van der Waals surface area contributed by atoms with E-state index in [1.165, 1.54) is 4.90 Å². The first-order valence-corrected chi connectivity index (χ1v) is 6.33. The number of aromatic nitrogens is 1. The van der Waals surface area contributed by atoms with Crippen molar-refractivity contribution in [1.82, 2.24) is 9.88 Å². The van der Waals surface area contributed by atoms with Crippen LogP contribution in [-0.4, -0.2) is 33.8 Å². The van der Waals surface area contributed by atoms with E-state index in [0.29, 0.717) is 0 Å². The molecule has 1 heterocycles. The SMILES string of the molecule is CCCC(C)N(C)C(=O)c1cc([N+](=O)[O-])cnc1Cl. The number of hydrogen-bond donors (Lipinski definition) is 0. The normalized spacial score (nSPS) is 12.0. The summed E-state index contributed by atoms with van der Waals surface area (Å²) in [6, 6.07) is 1.19. The molecule has 1 aromatic heterocycles. The summed E-state index contributed by atoms with van der Waals surface area (Å²) in [5.74, 6) is -0.359. The minimum atomic E-state index is -0.602. The maximum atomic E-state index is 12.2. The predicted octanol–water partition coefficient (Wildman–Crippen LogP) is 2.90. The van der Waals surface area contributed by atoms with Crippen LogP contribution in [0.5, 0.6) is 0 Å². The molecule has 0 aliphatic rings. The Morgan fingerprint density at radius 3 is 2.79 bits per heavy atom. The van der Waals surface area contributed by atoms with E-state index in [-0.39, 0.29) is 28.4 Å². The number of nitrogens with zero attached hydrogens (tertiary/aromatic N) is 3. The summed E-state index contributed by atoms with van der Waals surface area (Å²) in [5.41, 5.74) is -0.189. The summed E-state index contributed by atoms with van der Waals surface area (Å²) in [6.45, 7) is 3.94. The van der Waals surface area contributed by atoms with Gasteiger partial charge in [0.1, 0.15) is 11.3 Å². The summed E-state index contributed by atoms with van der Waals surface area (Å²) >= 11 is 5.84. The van der Waals surface area contributed by atoms with Crippen molar-refractivity contribution in [1.29, 1.82) is 0 Å². The molecule has 0 N–H and O–H groups in total. The van der Waals surface area contributed by atoms with Crippen molar-refractivity contribution >= 4 is 23.2 Å². The zero-order valence-corrected chi connectivity index (χ0v) is 11.8. The summed E-state index contributed by atoms with van der Waals surface area (Å²) in [4.78, 5) is 27.5. The van der Waals surface area contributed by atoms with Crippen LogP contribution < -0.4 is 0 Å². The van der Waals surface area contributed by atoms with Crippen molar-refractivity contribution in [2.45, 2.75) is 32.7 Å². The molecule has 7 heteroatoms. The molecule has 0 aliphatic carbocycles. The molecule has 0 spiro atoms. The van der Waals surface area contributed by atoms with Crippen LogP contribution in [0.25, 0.3) is 0 Å². The van der Waals surface area contributed by atoms with Crippen LogP contribution in [0.15, 0.2) is 12.3 Å². The molecule has 1 aromatic rings. The van der Waals surface area contributed by atoms with E-state index >= 15 is 0 Å². The average Bonchev–Trinajstić information content (AvgIpc) is 2.37. The molecule has 104 valence electrons. The molecule has 19 heavy (non-hydrogen) atoms. The van der Waals surface area contributed by atoms with Gasteiger partial charge >= 0.3 is 0 Å². The monoisotopic (exact) mass is 285 g/mol. The Hall–Kier alpha value is -1.69. The third-order valence-corrected chi connectivity index (χ3v) is 3.26. The molecule has 1 unspecified atom stereocenters. The van der Waals surface area contributed by atoms with E-state index in [0.717, 1.165) is 25.1 Å². The second-order valence-electron chi connectivity index (χ2n) is 4.34. The number of pyridine rings is 1. The Morgan fingerprint density at radius 1 is 1.63 bits per heavy atom. The standard InChI is InChI=1S/C12H16ClN3O3/c1-4-5-8(2)15(3)12(17)10-6-9(16(18)19)7-14-11(10)13/h6-8H,4-5H2,1-3H3. The molecular formula is C12H16ClN3O3. The predicted molar refractivity (Wildman–Crippen MR) is 72.4 cm³/mol. The van der Waals surface area contributed by atoms with Gasteiger partial charge in [0.2, 0.25) is 0 Å². The van der Waals surface area contributed by atoms with Gasteiger partial charge in [-0.1, -0.05) is 24.9 Å². The van der Waals surface area contributed by atoms with Gasteiger partial charge in [-0.05, 0) is 13.3 Å². The Morgan fingerprint density at radius 2 is 2.26 bits per heavy atom. The van der Waals surface area contributed by atoms with Crippen LogP contribution in [-0.2, 0) is 0 Å². The molecule has 0 aliphatic heterocycles. The molecule has 1 amide bonds. The van der Waals surface area contributed by atoms with E-state index in [9.17, 15) is 14.9 Å². The van der Waals surface area contributed by atoms with Gasteiger partial charge in [-0.2, -0.15) is 0 Å². The number of carbonyl (C=O) groups is 1. The van der Waals surface area contributed by atoms with Crippen molar-refractivity contribution in [2.24, 2.45) is 0 Å². The van der Waals surface area contributed by atoms with Crippen LogP contribution in [0.3, 0.4) is 0 Å². The second kappa shape index (κ2) is 6.47. The van der Waals surface area contributed by atoms with E-state index in [4.69, 9.17) is 11.6 Å². The highest BCUT2D eigenvalue weighted by molar-refractivity contribution is 6.32. The second-order valence-corrected chi connectivity index (χ2v) is 4.70. The molecule has 0 saturated carbocycles. The maximum absolute atomic E-state index is 12.2. The van der Waals surface area contributed by atoms with Gasteiger partial charge in [0.15, 0.2) is 0 Å². The zero-order chi connectivity index (χ0) is 14.6. The molecule has 0 fully saturated rings. The number of carbonyl (C=O) groups excluding carboxylic acids is 1. The maximum Gasteiger partial charge on any atom is 0.288 e. The molecule has 0 bridgehead atoms. The topological polar surface area (TPSA) is 76.3 Å². The van der Waals surface area contributed by atoms with Crippen molar-refractivity contribution in [2.75, 3.05) is 7.05 Å². The minimum absolute atomic E-state index is 0.0221. The Bertz CT molecular complexity index is 493. The average molecular weight is 286 g/mol. The summed E-state index contributed by atoms with van der Waals surface area (Å²) in [7, 11) is 1.65. The molecule has 0 radical (unpaired) electrons. The molecule has 1 atom stereocenters. The molecule has 0 aromatic carbocycles. The lowest BCUT2D eigenvalue weighted by atomic mass is 10.1. The minimum Gasteiger partial charge on any atom is -0.339 e. The van der Waals surface area contributed by atoms with Crippen LogP contribution in [0.4, 0.5) is 5.69 Å². The Balaban J connectivity index is 3.04. The van der Waals surface area contributed by atoms with E-state index in [1.54, 1.807) is 7.05 Å².